The molecule has 1 heterocycles. The van der Waals surface area contributed by atoms with Crippen LogP contribution in [0.4, 0.5) is 0 Å². The van der Waals surface area contributed by atoms with Crippen molar-refractivity contribution in [2.75, 3.05) is 13.1 Å². The van der Waals surface area contributed by atoms with Crippen LogP contribution in [-0.2, 0) is 4.79 Å². The molecule has 2 aliphatic carbocycles. The van der Waals surface area contributed by atoms with Gasteiger partial charge in [-0.15, -0.1) is 0 Å². The lowest BCUT2D eigenvalue weighted by Crippen LogP contribution is -2.61. The molecule has 5 nitrogen and oxygen atoms in total. The van der Waals surface area contributed by atoms with Crippen LogP contribution in [-0.4, -0.2) is 41.9 Å². The standard InChI is InChI=1S/C19H24N2O3/c22-18(13-3-1-4-13)20-15-11-21(12-15)19(23)14-7-9-17(10-8-14)24-16-5-2-6-16/h7-10,13,15-16H,1-6,11-12H2,(H,20,22). The van der Waals surface area contributed by atoms with Crippen LogP contribution in [0.15, 0.2) is 24.3 Å². The van der Waals surface area contributed by atoms with Gasteiger partial charge >= 0.3 is 0 Å². The molecule has 4 rings (SSSR count). The Hall–Kier alpha value is -2.04. The Morgan fingerprint density at radius 3 is 2.21 bits per heavy atom. The summed E-state index contributed by atoms with van der Waals surface area (Å²) < 4.78 is 5.81. The van der Waals surface area contributed by atoms with Gasteiger partial charge < -0.3 is 15.0 Å². The van der Waals surface area contributed by atoms with E-state index in [0.717, 1.165) is 37.9 Å². The van der Waals surface area contributed by atoms with Crippen molar-refractivity contribution in [3.05, 3.63) is 29.8 Å². The maximum absolute atomic E-state index is 12.4. The molecule has 0 spiro atoms. The van der Waals surface area contributed by atoms with E-state index in [-0.39, 0.29) is 23.8 Å². The highest BCUT2D eigenvalue weighted by atomic mass is 16.5. The van der Waals surface area contributed by atoms with E-state index in [2.05, 4.69) is 5.32 Å². The summed E-state index contributed by atoms with van der Waals surface area (Å²) in [5.41, 5.74) is 0.680. The van der Waals surface area contributed by atoms with Crippen LogP contribution in [0.5, 0.6) is 5.75 Å². The molecule has 2 amide bonds. The predicted molar refractivity (Wildman–Crippen MR) is 89.9 cm³/mol. The van der Waals surface area contributed by atoms with Crippen molar-refractivity contribution in [1.82, 2.24) is 10.2 Å². The number of nitrogens with one attached hydrogen (secondary N) is 1. The summed E-state index contributed by atoms with van der Waals surface area (Å²) in [5, 5.41) is 3.05. The number of benzene rings is 1. The van der Waals surface area contributed by atoms with Crippen LogP contribution < -0.4 is 10.1 Å². The van der Waals surface area contributed by atoms with Crippen LogP contribution >= 0.6 is 0 Å². The molecule has 128 valence electrons. The minimum Gasteiger partial charge on any atom is -0.490 e. The second-order valence-electron chi connectivity index (χ2n) is 7.24. The molecular weight excluding hydrogens is 304 g/mol. The van der Waals surface area contributed by atoms with Gasteiger partial charge in [-0.3, -0.25) is 9.59 Å². The molecule has 1 aromatic rings. The minimum absolute atomic E-state index is 0.0272. The first-order valence-electron chi connectivity index (χ1n) is 9.05. The lowest BCUT2D eigenvalue weighted by atomic mass is 9.84. The number of rotatable bonds is 5. The normalized spacial score (nSPS) is 21.4. The number of carbonyl (C=O) groups excluding carboxylic acids is 2. The van der Waals surface area contributed by atoms with Crippen molar-refractivity contribution in [2.45, 2.75) is 50.7 Å². The molecule has 5 heteroatoms. The lowest BCUT2D eigenvalue weighted by Gasteiger charge is -2.40. The fraction of sp³-hybridized carbons (Fsp3) is 0.579. The Kier molecular flexibility index (Phi) is 4.17. The molecule has 0 bridgehead atoms. The second-order valence-corrected chi connectivity index (χ2v) is 7.24. The largest absolute Gasteiger partial charge is 0.490 e. The Morgan fingerprint density at radius 1 is 1.00 bits per heavy atom. The van der Waals surface area contributed by atoms with Gasteiger partial charge in [-0.25, -0.2) is 0 Å². The number of ether oxygens (including phenoxy) is 1. The fourth-order valence-electron chi connectivity index (χ4n) is 3.26. The monoisotopic (exact) mass is 328 g/mol. The van der Waals surface area contributed by atoms with Gasteiger partial charge in [0, 0.05) is 24.6 Å². The van der Waals surface area contributed by atoms with Gasteiger partial charge in [-0.05, 0) is 56.4 Å². The third kappa shape index (κ3) is 3.12. The highest BCUT2D eigenvalue weighted by Crippen LogP contribution is 2.27. The molecule has 0 atom stereocenters. The molecule has 1 N–H and O–H groups in total. The molecule has 1 saturated heterocycles. The number of likely N-dealkylation sites (tertiary alicyclic amines) is 1. The van der Waals surface area contributed by atoms with Gasteiger partial charge in [0.25, 0.3) is 5.91 Å². The minimum atomic E-state index is 0.0272. The van der Waals surface area contributed by atoms with Crippen LogP contribution in [0.1, 0.15) is 48.9 Å². The highest BCUT2D eigenvalue weighted by Gasteiger charge is 2.34. The van der Waals surface area contributed by atoms with Crippen molar-refractivity contribution < 1.29 is 14.3 Å². The van der Waals surface area contributed by atoms with E-state index in [1.54, 1.807) is 4.90 Å². The second kappa shape index (κ2) is 6.46. The zero-order valence-corrected chi connectivity index (χ0v) is 13.9. The van der Waals surface area contributed by atoms with Crippen molar-refractivity contribution in [1.29, 1.82) is 0 Å². The molecule has 0 unspecified atom stereocenters. The average molecular weight is 328 g/mol. The summed E-state index contributed by atoms with van der Waals surface area (Å²) in [5.74, 6) is 1.23. The summed E-state index contributed by atoms with van der Waals surface area (Å²) in [4.78, 5) is 26.1. The topological polar surface area (TPSA) is 58.6 Å². The number of carbonyl (C=O) groups is 2. The quantitative estimate of drug-likeness (QED) is 0.903. The van der Waals surface area contributed by atoms with Gasteiger partial charge in [0.2, 0.25) is 5.91 Å². The average Bonchev–Trinajstić information content (AvgIpc) is 2.44. The summed E-state index contributed by atoms with van der Waals surface area (Å²) in [6.45, 7) is 1.22. The molecule has 0 aromatic heterocycles. The molecule has 3 aliphatic rings. The Balaban J connectivity index is 1.25. The summed E-state index contributed by atoms with van der Waals surface area (Å²) in [6.07, 6.45) is 7.03. The van der Waals surface area contributed by atoms with Crippen LogP contribution in [0, 0.1) is 5.92 Å². The number of nitrogens with zero attached hydrogens (tertiary/aromatic N) is 1. The number of hydrogen-bond acceptors (Lipinski definition) is 3. The Morgan fingerprint density at radius 2 is 1.67 bits per heavy atom. The predicted octanol–water partition coefficient (Wildman–Crippen LogP) is 2.36. The van der Waals surface area contributed by atoms with Gasteiger partial charge in [-0.1, -0.05) is 6.42 Å². The summed E-state index contributed by atoms with van der Waals surface area (Å²) >= 11 is 0. The van der Waals surface area contributed by atoms with E-state index < -0.39 is 0 Å². The van der Waals surface area contributed by atoms with Crippen molar-refractivity contribution >= 4 is 11.8 Å². The molecule has 1 aromatic carbocycles. The summed E-state index contributed by atoms with van der Waals surface area (Å²) in [6, 6.07) is 7.53. The first-order valence-corrected chi connectivity index (χ1v) is 9.05. The van der Waals surface area contributed by atoms with E-state index in [0.29, 0.717) is 24.8 Å². The first kappa shape index (κ1) is 15.5. The zero-order valence-electron chi connectivity index (χ0n) is 13.9. The maximum Gasteiger partial charge on any atom is 0.254 e. The molecule has 1 aliphatic heterocycles. The van der Waals surface area contributed by atoms with Crippen LogP contribution in [0.2, 0.25) is 0 Å². The van der Waals surface area contributed by atoms with Gasteiger partial charge in [-0.2, -0.15) is 0 Å². The first-order chi connectivity index (χ1) is 11.7. The van der Waals surface area contributed by atoms with E-state index in [9.17, 15) is 9.59 Å². The molecule has 24 heavy (non-hydrogen) atoms. The van der Waals surface area contributed by atoms with E-state index in [1.807, 2.05) is 24.3 Å². The van der Waals surface area contributed by atoms with E-state index in [4.69, 9.17) is 4.74 Å². The van der Waals surface area contributed by atoms with Crippen molar-refractivity contribution in [3.63, 3.8) is 0 Å². The van der Waals surface area contributed by atoms with Crippen LogP contribution in [0.25, 0.3) is 0 Å². The Labute approximate surface area is 142 Å². The maximum atomic E-state index is 12.4. The number of amides is 2. The third-order valence-corrected chi connectivity index (χ3v) is 5.45. The van der Waals surface area contributed by atoms with Crippen molar-refractivity contribution in [3.8, 4) is 5.75 Å². The molecular formula is C19H24N2O3. The van der Waals surface area contributed by atoms with E-state index >= 15 is 0 Å². The lowest BCUT2D eigenvalue weighted by molar-refractivity contribution is -0.129. The zero-order chi connectivity index (χ0) is 16.5. The third-order valence-electron chi connectivity index (χ3n) is 5.45. The molecule has 2 saturated carbocycles. The van der Waals surface area contributed by atoms with Gasteiger partial charge in [0.1, 0.15) is 5.75 Å². The van der Waals surface area contributed by atoms with Gasteiger partial charge in [0.15, 0.2) is 0 Å². The van der Waals surface area contributed by atoms with Crippen molar-refractivity contribution in [2.24, 2.45) is 5.92 Å². The molecule has 3 fully saturated rings. The van der Waals surface area contributed by atoms with Crippen LogP contribution in [0.3, 0.4) is 0 Å². The number of hydrogen-bond donors (Lipinski definition) is 1. The summed E-state index contributed by atoms with van der Waals surface area (Å²) in [7, 11) is 0. The van der Waals surface area contributed by atoms with Gasteiger partial charge in [0.05, 0.1) is 12.1 Å². The SMILES string of the molecule is O=C(NC1CN(C(=O)c2ccc(OC3CCC3)cc2)C1)C1CCC1. The smallest absolute Gasteiger partial charge is 0.254 e. The van der Waals surface area contributed by atoms with E-state index in [1.165, 1.54) is 6.42 Å². The molecule has 0 radical (unpaired) electrons. The highest BCUT2D eigenvalue weighted by molar-refractivity contribution is 5.95. The fourth-order valence-corrected chi connectivity index (χ4v) is 3.26. The Bertz CT molecular complexity index is 614.